The molecule has 32 heavy (non-hydrogen) atoms. The fraction of sp³-hybridized carbons (Fsp3) is 0.350. The van der Waals surface area contributed by atoms with Gasteiger partial charge < -0.3 is 23.9 Å². The molecule has 0 atom stereocenters. The lowest BCUT2D eigenvalue weighted by atomic mass is 10.1. The minimum atomic E-state index is -4.66. The van der Waals surface area contributed by atoms with Crippen LogP contribution >= 0.6 is 0 Å². The van der Waals surface area contributed by atoms with E-state index < -0.39 is 23.7 Å². The van der Waals surface area contributed by atoms with Crippen molar-refractivity contribution in [1.82, 2.24) is 23.8 Å². The van der Waals surface area contributed by atoms with E-state index in [4.69, 9.17) is 14.7 Å². The van der Waals surface area contributed by atoms with Crippen LogP contribution in [0.1, 0.15) is 18.2 Å². The molecule has 4 aromatic heterocycles. The number of hydrogen-bond donors (Lipinski definition) is 2. The number of hydrogen-bond acceptors (Lipinski definition) is 6. The first-order valence-electron chi connectivity index (χ1n) is 9.42. The van der Waals surface area contributed by atoms with Crippen LogP contribution in [0, 0.1) is 6.92 Å². The second-order valence-electron chi connectivity index (χ2n) is 7.24. The number of halogens is 3. The molecule has 0 unspecified atom stereocenters. The van der Waals surface area contributed by atoms with E-state index in [-0.39, 0.29) is 11.0 Å². The Morgan fingerprint density at radius 1 is 1.09 bits per heavy atom. The molecule has 0 saturated carbocycles. The summed E-state index contributed by atoms with van der Waals surface area (Å²) in [4.78, 5) is 21.4. The molecule has 172 valence electrons. The number of aryl methyl sites for hydroxylation is 3. The highest BCUT2D eigenvalue weighted by Gasteiger charge is 2.35. The second-order valence-corrected chi connectivity index (χ2v) is 7.24. The van der Waals surface area contributed by atoms with Crippen LogP contribution in [0.4, 0.5) is 13.2 Å². The van der Waals surface area contributed by atoms with Crippen molar-refractivity contribution in [2.75, 3.05) is 0 Å². The minimum Gasteiger partial charge on any atom is -0.376 e. The number of alkyl halides is 3. The highest BCUT2D eigenvalue weighted by molar-refractivity contribution is 5.80. The van der Waals surface area contributed by atoms with E-state index in [0.29, 0.717) is 27.5 Å². The van der Waals surface area contributed by atoms with Crippen molar-refractivity contribution in [2.45, 2.75) is 26.3 Å². The van der Waals surface area contributed by atoms with Gasteiger partial charge in [0.25, 0.3) is 5.56 Å². The molecule has 4 heterocycles. The fourth-order valence-electron chi connectivity index (χ4n) is 3.18. The van der Waals surface area contributed by atoms with Gasteiger partial charge in [0.15, 0.2) is 11.6 Å². The van der Waals surface area contributed by atoms with Crippen LogP contribution in [0.25, 0.3) is 34.0 Å². The number of fused-ring (bicyclic) bond motifs is 1. The van der Waals surface area contributed by atoms with E-state index in [1.807, 2.05) is 13.0 Å². The smallest absolute Gasteiger partial charge is 0.376 e. The van der Waals surface area contributed by atoms with Crippen LogP contribution < -0.4 is 5.56 Å². The number of aliphatic hydroxyl groups is 2. The van der Waals surface area contributed by atoms with E-state index in [9.17, 15) is 18.0 Å². The van der Waals surface area contributed by atoms with Crippen molar-refractivity contribution in [3.63, 3.8) is 0 Å². The summed E-state index contributed by atoms with van der Waals surface area (Å²) >= 11 is 0. The number of rotatable bonds is 2. The number of nitrogens with zero attached hydrogens (tertiary/aromatic N) is 5. The zero-order valence-electron chi connectivity index (χ0n) is 18.0. The van der Waals surface area contributed by atoms with Gasteiger partial charge in [-0.15, -0.1) is 0 Å². The Balaban J connectivity index is 0.000000668. The molecule has 4 aromatic rings. The Bertz CT molecular complexity index is 1310. The van der Waals surface area contributed by atoms with Crippen LogP contribution in [0.5, 0.6) is 0 Å². The highest BCUT2D eigenvalue weighted by Crippen LogP contribution is 2.32. The third kappa shape index (κ3) is 4.32. The lowest BCUT2D eigenvalue weighted by molar-refractivity contribution is -0.143. The van der Waals surface area contributed by atoms with Gasteiger partial charge in [0, 0.05) is 21.1 Å². The van der Waals surface area contributed by atoms with Gasteiger partial charge in [0.2, 0.25) is 0 Å². The van der Waals surface area contributed by atoms with Crippen LogP contribution in [-0.4, -0.2) is 40.3 Å². The summed E-state index contributed by atoms with van der Waals surface area (Å²) < 4.78 is 48.7. The van der Waals surface area contributed by atoms with Crippen molar-refractivity contribution < 1.29 is 27.9 Å². The molecule has 0 aliphatic heterocycles. The van der Waals surface area contributed by atoms with Gasteiger partial charge in [-0.25, -0.2) is 14.7 Å². The molecule has 0 radical (unpaired) electrons. The third-order valence-corrected chi connectivity index (χ3v) is 4.66. The van der Waals surface area contributed by atoms with Crippen molar-refractivity contribution >= 4 is 11.0 Å². The maximum atomic E-state index is 13.2. The molecule has 0 fully saturated rings. The normalized spacial score (nSPS) is 11.8. The van der Waals surface area contributed by atoms with Gasteiger partial charge in [-0.3, -0.25) is 4.79 Å². The van der Waals surface area contributed by atoms with E-state index in [0.717, 1.165) is 18.7 Å². The molecule has 0 saturated heterocycles. The molecular formula is C20H22F3N5O4. The van der Waals surface area contributed by atoms with Crippen LogP contribution in [0.2, 0.25) is 0 Å². The van der Waals surface area contributed by atoms with E-state index in [1.54, 1.807) is 26.4 Å². The number of imidazole rings is 1. The van der Waals surface area contributed by atoms with Gasteiger partial charge in [0.05, 0.1) is 11.7 Å². The Kier molecular flexibility index (Phi) is 6.03. The van der Waals surface area contributed by atoms with Crippen LogP contribution in [0.15, 0.2) is 33.7 Å². The monoisotopic (exact) mass is 453 g/mol. The first kappa shape index (κ1) is 23.3. The van der Waals surface area contributed by atoms with Gasteiger partial charge in [0.1, 0.15) is 28.9 Å². The predicted octanol–water partition coefficient (Wildman–Crippen LogP) is 2.58. The number of aromatic nitrogens is 5. The average molecular weight is 453 g/mol. The molecule has 0 spiro atoms. The lowest BCUT2D eigenvalue weighted by Crippen LogP contribution is -2.26. The Labute approximate surface area is 179 Å². The molecule has 9 nitrogen and oxygen atoms in total. The minimum absolute atomic E-state index is 0.0293. The fourth-order valence-corrected chi connectivity index (χ4v) is 3.18. The maximum Gasteiger partial charge on any atom is 0.431 e. The summed E-state index contributed by atoms with van der Waals surface area (Å²) in [5.74, 6) is 0.872. The van der Waals surface area contributed by atoms with Crippen molar-refractivity contribution in [2.24, 2.45) is 21.1 Å². The highest BCUT2D eigenvalue weighted by atomic mass is 19.4. The Morgan fingerprint density at radius 2 is 1.69 bits per heavy atom. The Hall–Kier alpha value is -3.38. The molecule has 4 rings (SSSR count). The third-order valence-electron chi connectivity index (χ3n) is 4.66. The molecule has 0 aromatic carbocycles. The molecule has 0 bridgehead atoms. The first-order valence-corrected chi connectivity index (χ1v) is 9.42. The van der Waals surface area contributed by atoms with Gasteiger partial charge >= 0.3 is 6.18 Å². The van der Waals surface area contributed by atoms with Crippen LogP contribution in [0.3, 0.4) is 0 Å². The van der Waals surface area contributed by atoms with Crippen molar-refractivity contribution in [1.29, 1.82) is 0 Å². The van der Waals surface area contributed by atoms with Crippen molar-refractivity contribution in [3.05, 3.63) is 46.0 Å². The summed E-state index contributed by atoms with van der Waals surface area (Å²) in [7, 11) is 4.41. The number of aliphatic hydroxyl groups excluding tert-OH is 1. The molecule has 12 heteroatoms. The quantitative estimate of drug-likeness (QED) is 0.452. The van der Waals surface area contributed by atoms with E-state index in [2.05, 4.69) is 9.97 Å². The van der Waals surface area contributed by atoms with Gasteiger partial charge in [-0.05, 0) is 31.5 Å². The Morgan fingerprint density at radius 3 is 2.22 bits per heavy atom. The zero-order valence-corrected chi connectivity index (χ0v) is 18.0. The summed E-state index contributed by atoms with van der Waals surface area (Å²) in [6.45, 7) is 3.09. The summed E-state index contributed by atoms with van der Waals surface area (Å²) in [5.41, 5.74) is 0.0220. The molecule has 0 aliphatic carbocycles. The molecular weight excluding hydrogens is 431 g/mol. The molecule has 0 aliphatic rings. The topological polar surface area (TPSA) is 111 Å². The number of pyridine rings is 2. The van der Waals surface area contributed by atoms with Crippen molar-refractivity contribution in [3.8, 4) is 23.0 Å². The lowest BCUT2D eigenvalue weighted by Gasteiger charge is -2.12. The average Bonchev–Trinajstić information content (AvgIpc) is 2.98. The molecule has 2 N–H and O–H groups in total. The van der Waals surface area contributed by atoms with E-state index in [1.165, 1.54) is 16.2 Å². The zero-order chi connectivity index (χ0) is 24.0. The van der Waals surface area contributed by atoms with Gasteiger partial charge in [-0.2, -0.15) is 13.2 Å². The van der Waals surface area contributed by atoms with Gasteiger partial charge in [-0.1, -0.05) is 6.07 Å². The summed E-state index contributed by atoms with van der Waals surface area (Å²) in [6, 6.07) is 4.48. The largest absolute Gasteiger partial charge is 0.431 e. The van der Waals surface area contributed by atoms with Crippen LogP contribution in [-0.2, 0) is 27.3 Å². The first-order chi connectivity index (χ1) is 14.8. The molecule has 0 amide bonds. The standard InChI is InChI=1S/C18H16F3N5O2.C2H6O2/c1-9-5-6-10(12-8-24(2)28-12)22-14(9)16-23-11-7-13(18(19,20)21)25(3)17(27)15(11)26(16)4;1-2(3)4/h5-8H,1-4H3;2-4H,1H3. The van der Waals surface area contributed by atoms with E-state index >= 15 is 0 Å². The summed E-state index contributed by atoms with van der Waals surface area (Å²) in [6.07, 6.45) is -4.07. The second kappa shape index (κ2) is 8.28. The summed E-state index contributed by atoms with van der Waals surface area (Å²) in [5, 5.41) is 15.2. The predicted molar refractivity (Wildman–Crippen MR) is 109 cm³/mol. The SMILES string of the molecule is CC(O)O.Cc1ccc(-c2cn(C)o2)nc1-c1nc2cc(C(F)(F)F)n(C)c(=O)c2n1C. The maximum absolute atomic E-state index is 13.2.